The number of methoxy groups -OCH3 is 1. The number of aromatic nitrogens is 2. The summed E-state index contributed by atoms with van der Waals surface area (Å²) in [4.78, 5) is 38.2. The normalized spacial score (nSPS) is 15.1. The second-order valence-corrected chi connectivity index (χ2v) is 7.52. The van der Waals surface area contributed by atoms with Crippen LogP contribution in [-0.4, -0.2) is 48.5 Å². The van der Waals surface area contributed by atoms with E-state index < -0.39 is 24.0 Å². The summed E-state index contributed by atoms with van der Waals surface area (Å²) in [6.45, 7) is 1.46. The van der Waals surface area contributed by atoms with Crippen molar-refractivity contribution in [1.82, 2.24) is 20.8 Å². The van der Waals surface area contributed by atoms with E-state index in [9.17, 15) is 14.4 Å². The van der Waals surface area contributed by atoms with Gasteiger partial charge in [0.1, 0.15) is 17.9 Å². The lowest BCUT2D eigenvalue weighted by molar-refractivity contribution is -0.139. The van der Waals surface area contributed by atoms with Crippen LogP contribution < -0.4 is 15.4 Å². The lowest BCUT2D eigenvalue weighted by atomic mass is 9.95. The van der Waals surface area contributed by atoms with Crippen molar-refractivity contribution in [2.45, 2.75) is 13.0 Å². The molecule has 0 saturated carbocycles. The number of nitrogens with zero attached hydrogens (tertiary/aromatic N) is 1. The third kappa shape index (κ3) is 5.16. The van der Waals surface area contributed by atoms with Gasteiger partial charge in [0.15, 0.2) is 0 Å². The van der Waals surface area contributed by atoms with Gasteiger partial charge < -0.3 is 24.8 Å². The van der Waals surface area contributed by atoms with Crippen LogP contribution >= 0.6 is 0 Å². The van der Waals surface area contributed by atoms with E-state index in [1.54, 1.807) is 38.3 Å². The van der Waals surface area contributed by atoms with E-state index in [0.29, 0.717) is 17.0 Å². The van der Waals surface area contributed by atoms with Gasteiger partial charge in [-0.2, -0.15) is 5.10 Å². The van der Waals surface area contributed by atoms with Crippen LogP contribution in [0.5, 0.6) is 5.75 Å². The first-order chi connectivity index (χ1) is 17.0. The van der Waals surface area contributed by atoms with Crippen LogP contribution in [0, 0.1) is 0 Å². The third-order valence-corrected chi connectivity index (χ3v) is 5.37. The van der Waals surface area contributed by atoms with Gasteiger partial charge in [0.2, 0.25) is 0 Å². The highest BCUT2D eigenvalue weighted by Crippen LogP contribution is 2.29. The van der Waals surface area contributed by atoms with Crippen LogP contribution in [0.15, 0.2) is 72.1 Å². The fourth-order valence-corrected chi connectivity index (χ4v) is 3.71. The number of aromatic amines is 1. The molecule has 0 saturated heterocycles. The van der Waals surface area contributed by atoms with Crippen molar-refractivity contribution >= 4 is 18.0 Å². The molecule has 180 valence electrons. The van der Waals surface area contributed by atoms with Crippen LogP contribution in [0.2, 0.25) is 0 Å². The highest BCUT2D eigenvalue weighted by Gasteiger charge is 2.34. The molecule has 0 unspecified atom stereocenters. The highest BCUT2D eigenvalue weighted by molar-refractivity contribution is 5.97. The summed E-state index contributed by atoms with van der Waals surface area (Å²) in [6.07, 6.45) is 1.37. The average Bonchev–Trinajstić information content (AvgIpc) is 3.38. The number of amides is 2. The minimum absolute atomic E-state index is 0.131. The largest absolute Gasteiger partial charge is 0.497 e. The molecule has 1 aromatic heterocycles. The van der Waals surface area contributed by atoms with E-state index in [1.165, 1.54) is 6.20 Å². The van der Waals surface area contributed by atoms with Gasteiger partial charge in [0, 0.05) is 5.56 Å². The summed E-state index contributed by atoms with van der Waals surface area (Å²) in [5.41, 5.74) is 2.39. The Morgan fingerprint density at radius 3 is 2.43 bits per heavy atom. The van der Waals surface area contributed by atoms with Crippen LogP contribution in [-0.2, 0) is 14.3 Å². The molecule has 4 rings (SSSR count). The number of carbonyl (C=O) groups excluding carboxylic acids is 3. The Labute approximate surface area is 201 Å². The Morgan fingerprint density at radius 2 is 1.74 bits per heavy atom. The van der Waals surface area contributed by atoms with Gasteiger partial charge in [0.05, 0.1) is 42.9 Å². The molecule has 0 aliphatic carbocycles. The fraction of sp³-hybridized carbons (Fsp3) is 0.200. The maximum atomic E-state index is 12.9. The van der Waals surface area contributed by atoms with E-state index in [-0.39, 0.29) is 30.0 Å². The summed E-state index contributed by atoms with van der Waals surface area (Å²) in [5, 5.41) is 12.1. The first-order valence-electron chi connectivity index (χ1n) is 10.9. The van der Waals surface area contributed by atoms with Gasteiger partial charge in [-0.05, 0) is 24.6 Å². The van der Waals surface area contributed by atoms with E-state index in [4.69, 9.17) is 14.2 Å². The van der Waals surface area contributed by atoms with Crippen LogP contribution in [0.25, 0.3) is 11.3 Å². The molecule has 0 radical (unpaired) electrons. The molecule has 1 aliphatic heterocycles. The van der Waals surface area contributed by atoms with Gasteiger partial charge in [-0.1, -0.05) is 42.5 Å². The summed E-state index contributed by atoms with van der Waals surface area (Å²) < 4.78 is 15.9. The lowest BCUT2D eigenvalue weighted by Gasteiger charge is -2.29. The topological polar surface area (TPSA) is 132 Å². The molecular weight excluding hydrogens is 452 g/mol. The molecule has 10 nitrogen and oxygen atoms in total. The van der Waals surface area contributed by atoms with Crippen LogP contribution in [0.3, 0.4) is 0 Å². The predicted octanol–water partition coefficient (Wildman–Crippen LogP) is 3.11. The zero-order valence-corrected chi connectivity index (χ0v) is 19.2. The molecule has 1 atom stereocenters. The Hall–Kier alpha value is -4.60. The zero-order valence-electron chi connectivity index (χ0n) is 19.2. The Bertz CT molecular complexity index is 1250. The van der Waals surface area contributed by atoms with Crippen molar-refractivity contribution in [3.63, 3.8) is 0 Å². The summed E-state index contributed by atoms with van der Waals surface area (Å²) >= 11 is 0. The zero-order chi connectivity index (χ0) is 24.8. The summed E-state index contributed by atoms with van der Waals surface area (Å²) in [7, 11) is 1.54. The maximum Gasteiger partial charge on any atom is 0.342 e. The average molecular weight is 476 g/mol. The smallest absolute Gasteiger partial charge is 0.342 e. The molecule has 10 heteroatoms. The monoisotopic (exact) mass is 476 g/mol. The number of H-pyrrole nitrogens is 1. The number of esters is 2. The highest BCUT2D eigenvalue weighted by atomic mass is 16.5. The SMILES string of the molecule is CCOC(=O)C1=C(COC(=O)c2cn[nH]c2-c2ccccc2)NC(=O)N[C@@H]1c1ccc(OC)cc1. The Kier molecular flexibility index (Phi) is 7.10. The minimum atomic E-state index is -0.809. The van der Waals surface area contributed by atoms with Gasteiger partial charge in [-0.3, -0.25) is 5.10 Å². The van der Waals surface area contributed by atoms with Crippen LogP contribution in [0.1, 0.15) is 28.9 Å². The number of ether oxygens (including phenoxy) is 3. The Morgan fingerprint density at radius 1 is 1.00 bits per heavy atom. The Balaban J connectivity index is 1.62. The number of urea groups is 1. The fourth-order valence-electron chi connectivity index (χ4n) is 3.71. The first-order valence-corrected chi connectivity index (χ1v) is 10.9. The standard InChI is InChI=1S/C25H24N4O6/c1-3-34-24(31)20-19(27-25(32)28-22(20)16-9-11-17(33-2)12-10-16)14-35-23(30)18-13-26-29-21(18)15-7-5-4-6-8-15/h4-13,22H,3,14H2,1-2H3,(H,26,29)(H2,27,28,32)/t22-/m1/s1. The number of hydrogen-bond acceptors (Lipinski definition) is 7. The van der Waals surface area contributed by atoms with Gasteiger partial charge in [0.25, 0.3) is 0 Å². The quantitative estimate of drug-likeness (QED) is 0.426. The lowest BCUT2D eigenvalue weighted by Crippen LogP contribution is -2.47. The summed E-state index contributed by atoms with van der Waals surface area (Å²) in [5.74, 6) is -0.679. The second kappa shape index (κ2) is 10.6. The molecular formula is C25H24N4O6. The van der Waals surface area contributed by atoms with Crippen molar-refractivity contribution in [2.75, 3.05) is 20.3 Å². The van der Waals surface area contributed by atoms with Crippen molar-refractivity contribution < 1.29 is 28.6 Å². The first kappa shape index (κ1) is 23.6. The maximum absolute atomic E-state index is 12.9. The summed E-state index contributed by atoms with van der Waals surface area (Å²) in [6, 6.07) is 14.7. The van der Waals surface area contributed by atoms with Gasteiger partial charge in [-0.25, -0.2) is 14.4 Å². The molecule has 0 bridgehead atoms. The van der Waals surface area contributed by atoms with Crippen LogP contribution in [0.4, 0.5) is 4.79 Å². The van der Waals surface area contributed by atoms with E-state index in [1.807, 2.05) is 30.3 Å². The van der Waals surface area contributed by atoms with Gasteiger partial charge >= 0.3 is 18.0 Å². The molecule has 3 aromatic rings. The van der Waals surface area contributed by atoms with E-state index >= 15 is 0 Å². The molecule has 35 heavy (non-hydrogen) atoms. The third-order valence-electron chi connectivity index (χ3n) is 5.37. The number of carbonyl (C=O) groups is 3. The number of nitrogens with one attached hydrogen (secondary N) is 3. The molecule has 0 spiro atoms. The van der Waals surface area contributed by atoms with E-state index in [0.717, 1.165) is 5.56 Å². The second-order valence-electron chi connectivity index (χ2n) is 7.52. The number of benzene rings is 2. The van der Waals surface area contributed by atoms with Crippen molar-refractivity contribution in [3.05, 3.63) is 83.2 Å². The van der Waals surface area contributed by atoms with Crippen molar-refractivity contribution in [2.24, 2.45) is 0 Å². The molecule has 3 N–H and O–H groups in total. The molecule has 2 amide bonds. The predicted molar refractivity (Wildman–Crippen MR) is 125 cm³/mol. The number of hydrogen-bond donors (Lipinski definition) is 3. The number of rotatable bonds is 8. The van der Waals surface area contributed by atoms with Gasteiger partial charge in [-0.15, -0.1) is 0 Å². The molecule has 2 heterocycles. The van der Waals surface area contributed by atoms with Crippen molar-refractivity contribution in [3.8, 4) is 17.0 Å². The molecule has 1 aliphatic rings. The van der Waals surface area contributed by atoms with Crippen molar-refractivity contribution in [1.29, 1.82) is 0 Å². The molecule has 0 fully saturated rings. The minimum Gasteiger partial charge on any atom is -0.497 e. The van der Waals surface area contributed by atoms with E-state index in [2.05, 4.69) is 20.8 Å². The molecule has 2 aromatic carbocycles.